The molecule has 0 fully saturated rings. The van der Waals surface area contributed by atoms with Gasteiger partial charge in [0.1, 0.15) is 6.61 Å². The molecule has 0 saturated heterocycles. The summed E-state index contributed by atoms with van der Waals surface area (Å²) in [5.74, 6) is 0.883. The lowest BCUT2D eigenvalue weighted by atomic mass is 10.1. The van der Waals surface area contributed by atoms with Crippen molar-refractivity contribution in [3.05, 3.63) is 59.2 Å². The van der Waals surface area contributed by atoms with Gasteiger partial charge in [-0.1, -0.05) is 35.9 Å². The van der Waals surface area contributed by atoms with Crippen LogP contribution in [0.3, 0.4) is 0 Å². The maximum absolute atomic E-state index is 12.1. The molecule has 1 aliphatic heterocycles. The highest BCUT2D eigenvalue weighted by atomic mass is 16.6. The van der Waals surface area contributed by atoms with Crippen LogP contribution in [0.1, 0.15) is 16.7 Å². The van der Waals surface area contributed by atoms with E-state index in [9.17, 15) is 4.79 Å². The molecule has 1 N–H and O–H groups in total. The summed E-state index contributed by atoms with van der Waals surface area (Å²) >= 11 is 0. The first kappa shape index (κ1) is 15.1. The fraction of sp³-hybridized carbons (Fsp3) is 0.222. The van der Waals surface area contributed by atoms with Gasteiger partial charge in [-0.25, -0.2) is 5.43 Å². The number of ether oxygens (including phenoxy) is 2. The number of carbonyl (C=O) groups excluding carboxylic acids is 1. The van der Waals surface area contributed by atoms with Crippen molar-refractivity contribution in [2.45, 2.75) is 20.0 Å². The largest absolute Gasteiger partial charge is 0.485 e. The van der Waals surface area contributed by atoms with Gasteiger partial charge in [0.05, 0.1) is 6.21 Å². The van der Waals surface area contributed by atoms with E-state index in [1.807, 2.05) is 44.2 Å². The Balaban J connectivity index is 1.61. The minimum Gasteiger partial charge on any atom is -0.485 e. The van der Waals surface area contributed by atoms with Crippen molar-refractivity contribution < 1.29 is 14.3 Å². The Labute approximate surface area is 134 Å². The highest BCUT2D eigenvalue weighted by Gasteiger charge is 2.26. The number of hydrazone groups is 1. The zero-order valence-electron chi connectivity index (χ0n) is 13.1. The van der Waals surface area contributed by atoms with Crippen molar-refractivity contribution in [1.82, 2.24) is 5.43 Å². The third kappa shape index (κ3) is 3.51. The number of para-hydroxylation sites is 2. The fourth-order valence-electron chi connectivity index (χ4n) is 2.36. The molecule has 3 rings (SSSR count). The number of nitrogens with zero attached hydrogens (tertiary/aromatic N) is 1. The summed E-state index contributed by atoms with van der Waals surface area (Å²) in [7, 11) is 0. The van der Waals surface area contributed by atoms with Crippen LogP contribution >= 0.6 is 0 Å². The van der Waals surface area contributed by atoms with Gasteiger partial charge in [0.15, 0.2) is 11.5 Å². The van der Waals surface area contributed by atoms with Crippen LogP contribution in [-0.4, -0.2) is 24.8 Å². The number of aryl methyl sites for hydroxylation is 2. The minimum absolute atomic E-state index is 0.169. The summed E-state index contributed by atoms with van der Waals surface area (Å²) in [6, 6.07) is 13.3. The van der Waals surface area contributed by atoms with Gasteiger partial charge in [-0.05, 0) is 37.1 Å². The lowest BCUT2D eigenvalue weighted by Gasteiger charge is -2.24. The van der Waals surface area contributed by atoms with Crippen LogP contribution in [0.4, 0.5) is 0 Å². The number of amides is 1. The molecule has 0 radical (unpaired) electrons. The first-order valence-electron chi connectivity index (χ1n) is 7.42. The number of benzene rings is 2. The topological polar surface area (TPSA) is 59.9 Å². The smallest absolute Gasteiger partial charge is 0.284 e. The van der Waals surface area contributed by atoms with Crippen molar-refractivity contribution >= 4 is 12.1 Å². The van der Waals surface area contributed by atoms with Crippen LogP contribution in [0, 0.1) is 13.8 Å². The van der Waals surface area contributed by atoms with E-state index in [0.29, 0.717) is 11.5 Å². The molecule has 1 amide bonds. The maximum Gasteiger partial charge on any atom is 0.284 e. The van der Waals surface area contributed by atoms with E-state index in [2.05, 4.69) is 16.6 Å². The molecule has 0 spiro atoms. The highest BCUT2D eigenvalue weighted by Crippen LogP contribution is 2.30. The molecule has 23 heavy (non-hydrogen) atoms. The van der Waals surface area contributed by atoms with Gasteiger partial charge in [0.2, 0.25) is 6.10 Å². The zero-order valence-corrected chi connectivity index (χ0v) is 13.1. The van der Waals surface area contributed by atoms with Crippen LogP contribution in [0.5, 0.6) is 11.5 Å². The van der Waals surface area contributed by atoms with Crippen molar-refractivity contribution in [1.29, 1.82) is 0 Å². The lowest BCUT2D eigenvalue weighted by molar-refractivity contribution is -0.130. The van der Waals surface area contributed by atoms with Gasteiger partial charge in [-0.3, -0.25) is 4.79 Å². The van der Waals surface area contributed by atoms with Crippen LogP contribution < -0.4 is 14.9 Å². The summed E-state index contributed by atoms with van der Waals surface area (Å²) < 4.78 is 11.1. The van der Waals surface area contributed by atoms with Gasteiger partial charge in [-0.2, -0.15) is 5.10 Å². The van der Waals surface area contributed by atoms with Crippen molar-refractivity contribution in [3.63, 3.8) is 0 Å². The molecule has 118 valence electrons. The first-order chi connectivity index (χ1) is 11.1. The summed E-state index contributed by atoms with van der Waals surface area (Å²) in [4.78, 5) is 12.1. The molecule has 5 nitrogen and oxygen atoms in total. The van der Waals surface area contributed by atoms with E-state index in [-0.39, 0.29) is 12.5 Å². The molecule has 0 bridgehead atoms. The molecular weight excluding hydrogens is 292 g/mol. The van der Waals surface area contributed by atoms with Gasteiger partial charge < -0.3 is 9.47 Å². The Hall–Kier alpha value is -2.82. The summed E-state index contributed by atoms with van der Waals surface area (Å²) in [5, 5.41) is 4.00. The second-order valence-electron chi connectivity index (χ2n) is 5.46. The Morgan fingerprint density at radius 1 is 1.22 bits per heavy atom. The Morgan fingerprint density at radius 2 is 2.00 bits per heavy atom. The predicted molar refractivity (Wildman–Crippen MR) is 88.0 cm³/mol. The average molecular weight is 310 g/mol. The van der Waals surface area contributed by atoms with Gasteiger partial charge in [0.25, 0.3) is 5.91 Å². The van der Waals surface area contributed by atoms with Crippen molar-refractivity contribution in [2.24, 2.45) is 5.10 Å². The number of hydrogen-bond acceptors (Lipinski definition) is 4. The minimum atomic E-state index is -0.707. The summed E-state index contributed by atoms with van der Waals surface area (Å²) in [6.45, 7) is 4.21. The highest BCUT2D eigenvalue weighted by molar-refractivity contribution is 5.85. The molecule has 1 unspecified atom stereocenters. The van der Waals surface area contributed by atoms with Crippen LogP contribution in [0.25, 0.3) is 0 Å². The van der Waals surface area contributed by atoms with Gasteiger partial charge in [-0.15, -0.1) is 0 Å². The second-order valence-corrected chi connectivity index (χ2v) is 5.46. The third-order valence-electron chi connectivity index (χ3n) is 3.60. The number of hydrogen-bond donors (Lipinski definition) is 1. The standard InChI is InChI=1S/C18H18N2O3/c1-12-7-8-14(13(2)9-12)10-19-20-18(21)17-11-22-15-5-3-4-6-16(15)23-17/h3-10,17H,11H2,1-2H3,(H,20,21)/b19-10+. The van der Waals surface area contributed by atoms with Crippen LogP contribution in [0.15, 0.2) is 47.6 Å². The molecule has 2 aromatic carbocycles. The summed E-state index contributed by atoms with van der Waals surface area (Å²) in [5.41, 5.74) is 5.75. The van der Waals surface area contributed by atoms with Crippen molar-refractivity contribution in [2.75, 3.05) is 6.61 Å². The number of carbonyl (C=O) groups is 1. The molecule has 1 aliphatic rings. The van der Waals surface area contributed by atoms with Crippen LogP contribution in [-0.2, 0) is 4.79 Å². The Morgan fingerprint density at radius 3 is 2.78 bits per heavy atom. The second kappa shape index (κ2) is 6.52. The Bertz CT molecular complexity index is 756. The van der Waals surface area contributed by atoms with Gasteiger partial charge >= 0.3 is 0 Å². The zero-order chi connectivity index (χ0) is 16.2. The summed E-state index contributed by atoms with van der Waals surface area (Å²) in [6.07, 6.45) is 0.922. The lowest BCUT2D eigenvalue weighted by Crippen LogP contribution is -2.42. The van der Waals surface area contributed by atoms with E-state index >= 15 is 0 Å². The molecule has 2 aromatic rings. The molecule has 1 atom stereocenters. The number of rotatable bonds is 3. The molecule has 1 heterocycles. The maximum atomic E-state index is 12.1. The Kier molecular flexibility index (Phi) is 4.28. The van der Waals surface area contributed by atoms with E-state index in [1.54, 1.807) is 12.3 Å². The van der Waals surface area contributed by atoms with Gasteiger partial charge in [0, 0.05) is 0 Å². The predicted octanol–water partition coefficient (Wildman–Crippen LogP) is 2.59. The first-order valence-corrected chi connectivity index (χ1v) is 7.42. The molecule has 0 saturated carbocycles. The fourth-order valence-corrected chi connectivity index (χ4v) is 2.36. The molecule has 5 heteroatoms. The van der Waals surface area contributed by atoms with E-state index in [4.69, 9.17) is 9.47 Å². The van der Waals surface area contributed by atoms with Crippen LogP contribution in [0.2, 0.25) is 0 Å². The van der Waals surface area contributed by atoms with E-state index in [1.165, 1.54) is 5.56 Å². The number of nitrogens with one attached hydrogen (secondary N) is 1. The van der Waals surface area contributed by atoms with E-state index in [0.717, 1.165) is 11.1 Å². The third-order valence-corrected chi connectivity index (χ3v) is 3.60. The quantitative estimate of drug-likeness (QED) is 0.700. The van der Waals surface area contributed by atoms with E-state index < -0.39 is 6.10 Å². The average Bonchev–Trinajstić information content (AvgIpc) is 2.56. The van der Waals surface area contributed by atoms with Crippen molar-refractivity contribution in [3.8, 4) is 11.5 Å². The normalized spacial score (nSPS) is 16.3. The molecular formula is C18H18N2O3. The molecule has 0 aromatic heterocycles. The number of fused-ring (bicyclic) bond motifs is 1. The SMILES string of the molecule is Cc1ccc(/C=N/NC(=O)C2COc3ccccc3O2)c(C)c1. The monoisotopic (exact) mass is 310 g/mol. The molecule has 0 aliphatic carbocycles.